The molecule has 6 heteroatoms. The van der Waals surface area contributed by atoms with Crippen molar-refractivity contribution in [3.8, 4) is 22.3 Å². The van der Waals surface area contributed by atoms with Crippen molar-refractivity contribution in [2.75, 3.05) is 0 Å². The monoisotopic (exact) mass is 602 g/mol. The molecule has 0 bridgehead atoms. The van der Waals surface area contributed by atoms with Gasteiger partial charge >= 0.3 is 0 Å². The van der Waals surface area contributed by atoms with Crippen LogP contribution in [-0.2, 0) is 5.41 Å². The Labute approximate surface area is 257 Å². The molecule has 0 atom stereocenters. The first-order chi connectivity index (χ1) is 18.2. The third-order valence-corrected chi connectivity index (χ3v) is 9.36. The summed E-state index contributed by atoms with van der Waals surface area (Å²) in [5.41, 5.74) is 6.72. The number of thiol groups is 6. The van der Waals surface area contributed by atoms with Crippen LogP contribution in [0.5, 0.6) is 0 Å². The Morgan fingerprint density at radius 3 is 1.18 bits per heavy atom. The number of hydrogen-bond acceptors (Lipinski definition) is 6. The standard InChI is InChI=1S/C32H26S6/c1-32(31-29(37)11-6-12-30(31)38,19-13-15-27(35)23(17-19)21-7-2-4-9-25(21)33)20-14-16-28(36)24(18-20)22-8-3-5-10-26(22)34/h2-18,33-38H,1H3. The predicted molar refractivity (Wildman–Crippen MR) is 179 cm³/mol. The largest absolute Gasteiger partial charge is 0.143 e. The molecule has 0 amide bonds. The molecule has 0 spiro atoms. The smallest absolute Gasteiger partial charge is 0.0445 e. The maximum Gasteiger partial charge on any atom is 0.0445 e. The molecule has 0 fully saturated rings. The molecule has 0 heterocycles. The van der Waals surface area contributed by atoms with Gasteiger partial charge in [0, 0.05) is 34.8 Å². The van der Waals surface area contributed by atoms with Crippen LogP contribution in [0.2, 0.25) is 0 Å². The molecule has 0 unspecified atom stereocenters. The van der Waals surface area contributed by atoms with E-state index in [1.807, 2.05) is 54.6 Å². The fourth-order valence-electron chi connectivity index (χ4n) is 5.02. The zero-order chi connectivity index (χ0) is 27.0. The van der Waals surface area contributed by atoms with Gasteiger partial charge in [0.1, 0.15) is 0 Å². The van der Waals surface area contributed by atoms with Crippen LogP contribution in [0.3, 0.4) is 0 Å². The molecule has 0 aliphatic heterocycles. The Bertz CT molecular complexity index is 1540. The lowest BCUT2D eigenvalue weighted by atomic mass is 9.70. The maximum atomic E-state index is 4.92. The SMILES string of the molecule is CC(c1ccc(S)c(-c2ccccc2S)c1)(c1ccc(S)c(-c2ccccc2S)c1)c1c(S)cccc1S. The summed E-state index contributed by atoms with van der Waals surface area (Å²) in [6.07, 6.45) is 0. The molecule has 0 N–H and O–H groups in total. The van der Waals surface area contributed by atoms with Gasteiger partial charge < -0.3 is 0 Å². The Balaban J connectivity index is 1.82. The van der Waals surface area contributed by atoms with Crippen molar-refractivity contribution in [1.82, 2.24) is 0 Å². The molecular formula is C32H26S6. The maximum absolute atomic E-state index is 4.92. The predicted octanol–water partition coefficient (Wildman–Crippen LogP) is 10.1. The fraction of sp³-hybridized carbons (Fsp3) is 0.0625. The number of hydrogen-bond donors (Lipinski definition) is 6. The molecule has 0 aliphatic rings. The summed E-state index contributed by atoms with van der Waals surface area (Å²) in [7, 11) is 0. The summed E-state index contributed by atoms with van der Waals surface area (Å²) in [6, 6.07) is 35.0. The van der Waals surface area contributed by atoms with Crippen molar-refractivity contribution in [2.24, 2.45) is 0 Å². The highest BCUT2D eigenvalue weighted by Gasteiger charge is 2.35. The Hall–Kier alpha value is -1.80. The molecule has 38 heavy (non-hydrogen) atoms. The first-order valence-corrected chi connectivity index (χ1v) is 14.6. The van der Waals surface area contributed by atoms with Crippen molar-refractivity contribution >= 4 is 75.8 Å². The summed E-state index contributed by atoms with van der Waals surface area (Å²) in [4.78, 5) is 5.32. The molecule has 0 saturated carbocycles. The zero-order valence-electron chi connectivity index (χ0n) is 20.5. The highest BCUT2D eigenvalue weighted by molar-refractivity contribution is 7.81. The highest BCUT2D eigenvalue weighted by Crippen LogP contribution is 2.47. The summed E-state index contributed by atoms with van der Waals surface area (Å²) in [6.45, 7) is 2.23. The van der Waals surface area contributed by atoms with Crippen molar-refractivity contribution < 1.29 is 0 Å². The van der Waals surface area contributed by atoms with Gasteiger partial charge in [-0.3, -0.25) is 0 Å². The van der Waals surface area contributed by atoms with Gasteiger partial charge in [0.15, 0.2) is 0 Å². The second-order valence-electron chi connectivity index (χ2n) is 9.29. The van der Waals surface area contributed by atoms with Crippen LogP contribution in [0.4, 0.5) is 0 Å². The molecule has 5 aromatic rings. The summed E-state index contributed by atoms with van der Waals surface area (Å²) >= 11 is 29.0. The van der Waals surface area contributed by atoms with Crippen LogP contribution in [0.25, 0.3) is 22.3 Å². The normalized spacial score (nSPS) is 11.6. The average Bonchev–Trinajstić information content (AvgIpc) is 2.90. The zero-order valence-corrected chi connectivity index (χ0v) is 25.9. The Morgan fingerprint density at radius 1 is 0.395 bits per heavy atom. The molecular weight excluding hydrogens is 577 g/mol. The van der Waals surface area contributed by atoms with Crippen LogP contribution in [-0.4, -0.2) is 0 Å². The highest BCUT2D eigenvalue weighted by atomic mass is 32.1. The van der Waals surface area contributed by atoms with E-state index in [2.05, 4.69) is 55.5 Å². The van der Waals surface area contributed by atoms with E-state index in [9.17, 15) is 0 Å². The van der Waals surface area contributed by atoms with Crippen molar-refractivity contribution in [3.63, 3.8) is 0 Å². The van der Waals surface area contributed by atoms with Crippen molar-refractivity contribution in [3.05, 3.63) is 120 Å². The molecule has 190 valence electrons. The lowest BCUT2D eigenvalue weighted by molar-refractivity contribution is 0.660. The summed E-state index contributed by atoms with van der Waals surface area (Å²) in [5, 5.41) is 0. The minimum Gasteiger partial charge on any atom is -0.143 e. The molecule has 0 nitrogen and oxygen atoms in total. The number of rotatable bonds is 5. The average molecular weight is 603 g/mol. The van der Waals surface area contributed by atoms with E-state index in [-0.39, 0.29) is 0 Å². The van der Waals surface area contributed by atoms with E-state index in [1.165, 1.54) is 0 Å². The second kappa shape index (κ2) is 11.4. The van der Waals surface area contributed by atoms with Crippen LogP contribution < -0.4 is 0 Å². The minimum absolute atomic E-state index is 0.598. The molecule has 5 aromatic carbocycles. The van der Waals surface area contributed by atoms with Gasteiger partial charge in [0.2, 0.25) is 0 Å². The molecule has 0 aliphatic carbocycles. The first-order valence-electron chi connectivity index (χ1n) is 12.0. The van der Waals surface area contributed by atoms with E-state index in [0.29, 0.717) is 0 Å². The second-order valence-corrected chi connectivity index (χ2v) is 12.2. The van der Waals surface area contributed by atoms with Gasteiger partial charge in [0.25, 0.3) is 0 Å². The van der Waals surface area contributed by atoms with E-state index in [1.54, 1.807) is 0 Å². The summed E-state index contributed by atoms with van der Waals surface area (Å²) in [5.74, 6) is 0. The molecule has 0 radical (unpaired) electrons. The van der Waals surface area contributed by atoms with E-state index < -0.39 is 5.41 Å². The van der Waals surface area contributed by atoms with Gasteiger partial charge in [-0.05, 0) is 94.4 Å². The van der Waals surface area contributed by atoms with E-state index >= 15 is 0 Å². The van der Waals surface area contributed by atoms with Gasteiger partial charge in [-0.2, -0.15) is 0 Å². The molecule has 5 rings (SSSR count). The fourth-order valence-corrected chi connectivity index (χ4v) is 7.05. The lowest BCUT2D eigenvalue weighted by Crippen LogP contribution is -2.27. The van der Waals surface area contributed by atoms with Crippen LogP contribution in [0.1, 0.15) is 23.6 Å². The third-order valence-electron chi connectivity index (χ3n) is 7.06. The molecule has 0 aromatic heterocycles. The Kier molecular flexibility index (Phi) is 8.30. The minimum atomic E-state index is -0.598. The van der Waals surface area contributed by atoms with E-state index in [0.717, 1.165) is 68.3 Å². The van der Waals surface area contributed by atoms with Crippen molar-refractivity contribution in [1.29, 1.82) is 0 Å². The van der Waals surface area contributed by atoms with E-state index in [4.69, 9.17) is 75.8 Å². The van der Waals surface area contributed by atoms with Gasteiger partial charge in [-0.15, -0.1) is 75.8 Å². The lowest BCUT2D eigenvalue weighted by Gasteiger charge is -2.35. The quantitative estimate of drug-likeness (QED) is 0.0837. The van der Waals surface area contributed by atoms with Gasteiger partial charge in [0.05, 0.1) is 0 Å². The van der Waals surface area contributed by atoms with Gasteiger partial charge in [-0.1, -0.05) is 54.6 Å². The van der Waals surface area contributed by atoms with Crippen LogP contribution in [0, 0.1) is 0 Å². The van der Waals surface area contributed by atoms with Crippen LogP contribution >= 0.6 is 75.8 Å². The molecule has 0 saturated heterocycles. The first kappa shape index (κ1) is 27.8. The summed E-state index contributed by atoms with van der Waals surface area (Å²) < 4.78 is 0. The topological polar surface area (TPSA) is 0 Å². The van der Waals surface area contributed by atoms with Gasteiger partial charge in [-0.25, -0.2) is 0 Å². The third kappa shape index (κ3) is 5.07. The van der Waals surface area contributed by atoms with Crippen molar-refractivity contribution in [2.45, 2.75) is 41.7 Å². The van der Waals surface area contributed by atoms with Crippen LogP contribution in [0.15, 0.2) is 133 Å². The number of benzene rings is 5. The Morgan fingerprint density at radius 2 is 0.763 bits per heavy atom.